The molecule has 0 unspecified atom stereocenters. The lowest BCUT2D eigenvalue weighted by Gasteiger charge is -2.12. The molecule has 3 heteroatoms. The Bertz CT molecular complexity index is 2840. The number of rotatable bonds is 2. The molecule has 0 fully saturated rings. The quantitative estimate of drug-likeness (QED) is 0.193. The summed E-state index contributed by atoms with van der Waals surface area (Å²) in [6.45, 7) is 4.30. The van der Waals surface area contributed by atoms with Crippen LogP contribution in [0.4, 0.5) is 0 Å². The number of hydrogen-bond acceptors (Lipinski definition) is 2. The van der Waals surface area contributed by atoms with E-state index in [2.05, 4.69) is 140 Å². The van der Waals surface area contributed by atoms with Crippen LogP contribution in [-0.2, 0) is 0 Å². The van der Waals surface area contributed by atoms with Gasteiger partial charge < -0.3 is 4.40 Å². The van der Waals surface area contributed by atoms with Crippen molar-refractivity contribution in [3.05, 3.63) is 139 Å². The van der Waals surface area contributed by atoms with Crippen molar-refractivity contribution in [3.63, 3.8) is 0 Å². The van der Waals surface area contributed by atoms with Crippen molar-refractivity contribution in [1.29, 1.82) is 0 Å². The van der Waals surface area contributed by atoms with E-state index in [0.29, 0.717) is 0 Å². The Labute approximate surface area is 259 Å². The van der Waals surface area contributed by atoms with Crippen molar-refractivity contribution in [3.8, 4) is 22.4 Å². The summed E-state index contributed by atoms with van der Waals surface area (Å²) in [6, 6.07) is 44.3. The summed E-state index contributed by atoms with van der Waals surface area (Å²) in [6.07, 6.45) is 1.93. The van der Waals surface area contributed by atoms with Crippen molar-refractivity contribution in [2.24, 2.45) is 0 Å². The maximum Gasteiger partial charge on any atom is 0.0979 e. The number of aromatic nitrogens is 3. The third kappa shape index (κ3) is 3.41. The van der Waals surface area contributed by atoms with Crippen LogP contribution in [0.1, 0.15) is 11.1 Å². The van der Waals surface area contributed by atoms with Crippen LogP contribution in [0.25, 0.3) is 93.1 Å². The SMILES string of the molecule is Cc1ccc2c(c1)c1cc(C)ccc1c1nc(-c3cccc(-c4ccc5c(c4)c4cccc6c7ccccc7n5c64)c3)cnc21. The van der Waals surface area contributed by atoms with Crippen molar-refractivity contribution in [1.82, 2.24) is 14.4 Å². The zero-order chi connectivity index (χ0) is 29.8. The molecule has 3 nitrogen and oxygen atoms in total. The van der Waals surface area contributed by atoms with Gasteiger partial charge in [0.15, 0.2) is 0 Å². The molecule has 0 radical (unpaired) electrons. The number of nitrogens with zero attached hydrogens (tertiary/aromatic N) is 3. The highest BCUT2D eigenvalue weighted by Gasteiger charge is 2.18. The average molecular weight is 574 g/mol. The monoisotopic (exact) mass is 573 g/mol. The number of hydrogen-bond donors (Lipinski definition) is 0. The summed E-state index contributed by atoms with van der Waals surface area (Å²) in [4.78, 5) is 10.3. The molecule has 10 aromatic rings. The summed E-state index contributed by atoms with van der Waals surface area (Å²) >= 11 is 0. The molecule has 3 aromatic heterocycles. The van der Waals surface area contributed by atoms with Gasteiger partial charge in [0, 0.05) is 37.9 Å². The topological polar surface area (TPSA) is 30.2 Å². The lowest BCUT2D eigenvalue weighted by Crippen LogP contribution is -1.93. The van der Waals surface area contributed by atoms with Gasteiger partial charge in [-0.2, -0.15) is 0 Å². The van der Waals surface area contributed by atoms with Crippen LogP contribution in [0.3, 0.4) is 0 Å². The Kier molecular flexibility index (Phi) is 4.85. The fourth-order valence-electron chi connectivity index (χ4n) is 7.56. The normalized spacial score (nSPS) is 12.2. The molecule has 7 aromatic carbocycles. The van der Waals surface area contributed by atoms with E-state index in [9.17, 15) is 0 Å². The van der Waals surface area contributed by atoms with Gasteiger partial charge in [0.1, 0.15) is 0 Å². The molecule has 0 spiro atoms. The first-order valence-corrected chi connectivity index (χ1v) is 15.5. The molecule has 0 aliphatic heterocycles. The van der Waals surface area contributed by atoms with Gasteiger partial charge in [-0.05, 0) is 60.0 Å². The van der Waals surface area contributed by atoms with E-state index in [1.807, 2.05) is 6.20 Å². The molecule has 0 N–H and O–H groups in total. The fraction of sp³-hybridized carbons (Fsp3) is 0.0476. The van der Waals surface area contributed by atoms with Crippen LogP contribution in [-0.4, -0.2) is 14.4 Å². The number of fused-ring (bicyclic) bond motifs is 12. The second-order valence-electron chi connectivity index (χ2n) is 12.4. The van der Waals surface area contributed by atoms with Gasteiger partial charge in [0.25, 0.3) is 0 Å². The first-order valence-electron chi connectivity index (χ1n) is 15.5. The molecule has 0 amide bonds. The Hall–Kier alpha value is -5.80. The third-order valence-electron chi connectivity index (χ3n) is 9.64. The molecule has 0 bridgehead atoms. The van der Waals surface area contributed by atoms with Crippen LogP contribution < -0.4 is 0 Å². The number of benzene rings is 7. The molecule has 45 heavy (non-hydrogen) atoms. The Balaban J connectivity index is 1.15. The molecular formula is C42H27N3. The fourth-order valence-corrected chi connectivity index (χ4v) is 7.56. The Morgan fingerprint density at radius 2 is 1.09 bits per heavy atom. The molecule has 0 aliphatic carbocycles. The lowest BCUT2D eigenvalue weighted by molar-refractivity contribution is 1.31. The van der Waals surface area contributed by atoms with Crippen LogP contribution in [0.5, 0.6) is 0 Å². The average Bonchev–Trinajstić information content (AvgIpc) is 3.60. The minimum absolute atomic E-state index is 0.881. The second kappa shape index (κ2) is 8.87. The second-order valence-corrected chi connectivity index (χ2v) is 12.4. The molecule has 0 saturated carbocycles. The minimum Gasteiger partial charge on any atom is -0.308 e. The van der Waals surface area contributed by atoms with Crippen LogP contribution in [0, 0.1) is 13.8 Å². The van der Waals surface area contributed by atoms with Crippen molar-refractivity contribution >= 4 is 70.7 Å². The lowest BCUT2D eigenvalue weighted by atomic mass is 9.96. The van der Waals surface area contributed by atoms with E-state index in [1.165, 1.54) is 71.1 Å². The van der Waals surface area contributed by atoms with Crippen LogP contribution in [0.2, 0.25) is 0 Å². The van der Waals surface area contributed by atoms with E-state index in [1.54, 1.807) is 0 Å². The smallest absolute Gasteiger partial charge is 0.0979 e. The molecule has 0 aliphatic rings. The van der Waals surface area contributed by atoms with Crippen LogP contribution in [0.15, 0.2) is 128 Å². The summed E-state index contributed by atoms with van der Waals surface area (Å²) in [5, 5.41) is 9.93. The Morgan fingerprint density at radius 1 is 0.444 bits per heavy atom. The van der Waals surface area contributed by atoms with Crippen molar-refractivity contribution in [2.75, 3.05) is 0 Å². The van der Waals surface area contributed by atoms with Crippen LogP contribution >= 0.6 is 0 Å². The predicted molar refractivity (Wildman–Crippen MR) is 190 cm³/mol. The van der Waals surface area contributed by atoms with Gasteiger partial charge in [-0.3, -0.25) is 4.98 Å². The maximum absolute atomic E-state index is 5.28. The van der Waals surface area contributed by atoms with E-state index in [-0.39, 0.29) is 0 Å². The minimum atomic E-state index is 0.881. The van der Waals surface area contributed by atoms with E-state index in [4.69, 9.17) is 9.97 Å². The van der Waals surface area contributed by atoms with E-state index in [0.717, 1.165) is 33.1 Å². The third-order valence-corrected chi connectivity index (χ3v) is 9.64. The molecule has 0 atom stereocenters. The molecule has 3 heterocycles. The first kappa shape index (κ1) is 24.6. The van der Waals surface area contributed by atoms with Crippen molar-refractivity contribution in [2.45, 2.75) is 13.8 Å². The number of para-hydroxylation sites is 2. The summed E-state index contributed by atoms with van der Waals surface area (Å²) in [5.74, 6) is 0. The van der Waals surface area contributed by atoms with Gasteiger partial charge in [0.2, 0.25) is 0 Å². The largest absolute Gasteiger partial charge is 0.308 e. The standard InChI is InChI=1S/C42H27N3/c1-24-13-16-30-34(19-24)35-20-25(2)14-17-31(35)41-40(30)43-23-37(44-41)28-8-5-7-26(21-28)27-15-18-39-36(22-27)33-11-6-10-32-29-9-3-4-12-38(29)45(39)42(32)33/h3-23H,1-2H3. The molecule has 10 rings (SSSR count). The molecular weight excluding hydrogens is 546 g/mol. The van der Waals surface area contributed by atoms with Gasteiger partial charge in [0.05, 0.1) is 39.5 Å². The zero-order valence-electron chi connectivity index (χ0n) is 25.0. The molecule has 0 saturated heterocycles. The van der Waals surface area contributed by atoms with Gasteiger partial charge in [-0.15, -0.1) is 0 Å². The van der Waals surface area contributed by atoms with Gasteiger partial charge in [-0.1, -0.05) is 108 Å². The highest BCUT2D eigenvalue weighted by atomic mass is 14.9. The summed E-state index contributed by atoms with van der Waals surface area (Å²) in [5.41, 5.74) is 12.5. The summed E-state index contributed by atoms with van der Waals surface area (Å²) in [7, 11) is 0. The number of aryl methyl sites for hydroxylation is 2. The zero-order valence-corrected chi connectivity index (χ0v) is 25.0. The maximum atomic E-state index is 5.28. The van der Waals surface area contributed by atoms with Gasteiger partial charge in [-0.25, -0.2) is 4.98 Å². The summed E-state index contributed by atoms with van der Waals surface area (Å²) < 4.78 is 2.43. The van der Waals surface area contributed by atoms with E-state index >= 15 is 0 Å². The van der Waals surface area contributed by atoms with E-state index < -0.39 is 0 Å². The first-order chi connectivity index (χ1) is 22.1. The van der Waals surface area contributed by atoms with Gasteiger partial charge >= 0.3 is 0 Å². The highest BCUT2D eigenvalue weighted by molar-refractivity contribution is 6.24. The highest BCUT2D eigenvalue weighted by Crippen LogP contribution is 2.41. The predicted octanol–water partition coefficient (Wildman–Crippen LogP) is 11.0. The molecule has 210 valence electrons. The van der Waals surface area contributed by atoms with Crippen molar-refractivity contribution < 1.29 is 0 Å². The Morgan fingerprint density at radius 3 is 1.91 bits per heavy atom.